The Morgan fingerprint density at radius 2 is 1.74 bits per heavy atom. The van der Waals surface area contributed by atoms with Crippen molar-refractivity contribution in [3.05, 3.63) is 94.5 Å². The molecule has 6 heteroatoms. The number of carbonyl (C=O) groups is 2. The molecule has 1 aliphatic rings. The number of nitrogens with zero attached hydrogens (tertiary/aromatic N) is 1. The Balaban J connectivity index is 1.66. The third-order valence-corrected chi connectivity index (χ3v) is 5.92. The van der Waals surface area contributed by atoms with Crippen LogP contribution in [0.1, 0.15) is 28.4 Å². The highest BCUT2D eigenvalue weighted by Crippen LogP contribution is 2.36. The molecule has 0 aromatic heterocycles. The molecule has 0 unspecified atom stereocenters. The van der Waals surface area contributed by atoms with E-state index in [1.807, 2.05) is 42.5 Å². The number of nitrogens with one attached hydrogen (secondary N) is 1. The van der Waals surface area contributed by atoms with Gasteiger partial charge in [-0.15, -0.1) is 0 Å². The van der Waals surface area contributed by atoms with Gasteiger partial charge in [-0.2, -0.15) is 0 Å². The maximum absolute atomic E-state index is 13.5. The van der Waals surface area contributed by atoms with E-state index in [2.05, 4.69) is 5.32 Å². The van der Waals surface area contributed by atoms with Crippen LogP contribution >= 0.6 is 11.6 Å². The lowest BCUT2D eigenvalue weighted by Gasteiger charge is -2.44. The van der Waals surface area contributed by atoms with Crippen molar-refractivity contribution in [2.75, 3.05) is 12.0 Å². The highest BCUT2D eigenvalue weighted by Gasteiger charge is 2.47. The predicted octanol–water partition coefficient (Wildman–Crippen LogP) is 4.63. The molecule has 0 fully saturated rings. The van der Waals surface area contributed by atoms with E-state index in [9.17, 15) is 9.59 Å². The van der Waals surface area contributed by atoms with Crippen molar-refractivity contribution >= 4 is 29.1 Å². The molecule has 3 aromatic rings. The second-order valence-corrected chi connectivity index (χ2v) is 8.19. The van der Waals surface area contributed by atoms with Crippen LogP contribution < -0.4 is 15.0 Å². The first-order valence-electron chi connectivity index (χ1n) is 10.0. The fourth-order valence-electron chi connectivity index (χ4n) is 3.97. The molecule has 0 aliphatic carbocycles. The lowest BCUT2D eigenvalue weighted by atomic mass is 9.82. The Bertz CT molecular complexity index is 1110. The Morgan fingerprint density at radius 3 is 2.42 bits per heavy atom. The van der Waals surface area contributed by atoms with E-state index in [1.54, 1.807) is 49.3 Å². The van der Waals surface area contributed by atoms with Gasteiger partial charge < -0.3 is 10.1 Å². The zero-order chi connectivity index (χ0) is 22.0. The molecule has 1 aliphatic heterocycles. The van der Waals surface area contributed by atoms with Crippen molar-refractivity contribution in [3.63, 3.8) is 0 Å². The van der Waals surface area contributed by atoms with Crippen molar-refractivity contribution < 1.29 is 14.3 Å². The fraction of sp³-hybridized carbons (Fsp3) is 0.200. The van der Waals surface area contributed by atoms with E-state index in [4.69, 9.17) is 16.3 Å². The number of amides is 2. The smallest absolute Gasteiger partial charge is 0.259 e. The molecule has 158 valence electrons. The second kappa shape index (κ2) is 8.44. The molecule has 0 saturated heterocycles. The minimum absolute atomic E-state index is 0.203. The van der Waals surface area contributed by atoms with Gasteiger partial charge in [-0.25, -0.2) is 0 Å². The molecular formula is C25H23ClN2O3. The molecule has 31 heavy (non-hydrogen) atoms. The molecule has 0 bridgehead atoms. The topological polar surface area (TPSA) is 58.6 Å². The van der Waals surface area contributed by atoms with Crippen LogP contribution in [0.25, 0.3) is 0 Å². The SMILES string of the molecule is COc1ccc(CNC(=O)[C@@]2(C)Cc3ccccc3C(=O)N2c2ccc(Cl)cc2)cc1. The van der Waals surface area contributed by atoms with Crippen LogP contribution in [0.3, 0.4) is 0 Å². The van der Waals surface area contributed by atoms with E-state index in [1.165, 1.54) is 0 Å². The van der Waals surface area contributed by atoms with Crippen LogP contribution in [0.4, 0.5) is 5.69 Å². The van der Waals surface area contributed by atoms with E-state index in [0.29, 0.717) is 29.2 Å². The highest BCUT2D eigenvalue weighted by atomic mass is 35.5. The molecule has 1 heterocycles. The number of rotatable bonds is 5. The van der Waals surface area contributed by atoms with Gasteiger partial charge in [-0.1, -0.05) is 41.9 Å². The predicted molar refractivity (Wildman–Crippen MR) is 122 cm³/mol. The number of methoxy groups -OCH3 is 1. The van der Waals surface area contributed by atoms with E-state index < -0.39 is 5.54 Å². The third-order valence-electron chi connectivity index (χ3n) is 5.67. The van der Waals surface area contributed by atoms with Gasteiger partial charge in [0.05, 0.1) is 7.11 Å². The molecule has 5 nitrogen and oxygen atoms in total. The van der Waals surface area contributed by atoms with E-state index in [-0.39, 0.29) is 11.8 Å². The minimum Gasteiger partial charge on any atom is -0.497 e. The van der Waals surface area contributed by atoms with Crippen molar-refractivity contribution in [2.45, 2.75) is 25.4 Å². The summed E-state index contributed by atoms with van der Waals surface area (Å²) in [7, 11) is 1.61. The van der Waals surface area contributed by atoms with Gasteiger partial charge in [0.1, 0.15) is 11.3 Å². The molecule has 1 atom stereocenters. The normalized spacial score (nSPS) is 17.8. The van der Waals surface area contributed by atoms with Crippen molar-refractivity contribution in [2.24, 2.45) is 0 Å². The van der Waals surface area contributed by atoms with Gasteiger partial charge in [0.25, 0.3) is 5.91 Å². The van der Waals surface area contributed by atoms with E-state index >= 15 is 0 Å². The highest BCUT2D eigenvalue weighted by molar-refractivity contribution is 6.30. The van der Waals surface area contributed by atoms with Crippen molar-refractivity contribution in [3.8, 4) is 5.75 Å². The molecule has 0 spiro atoms. The van der Waals surface area contributed by atoms with Crippen LogP contribution in [-0.4, -0.2) is 24.5 Å². The molecule has 4 rings (SSSR count). The molecule has 0 saturated carbocycles. The summed E-state index contributed by atoms with van der Waals surface area (Å²) in [5.74, 6) is 0.331. The summed E-state index contributed by atoms with van der Waals surface area (Å²) in [6.07, 6.45) is 0.409. The van der Waals surface area contributed by atoms with Gasteiger partial charge in [0.2, 0.25) is 5.91 Å². The first-order chi connectivity index (χ1) is 14.9. The van der Waals surface area contributed by atoms with Gasteiger partial charge in [-0.05, 0) is 60.5 Å². The number of fused-ring (bicyclic) bond motifs is 1. The summed E-state index contributed by atoms with van der Waals surface area (Å²) < 4.78 is 5.18. The molecule has 1 N–H and O–H groups in total. The van der Waals surface area contributed by atoms with Crippen LogP contribution in [0.5, 0.6) is 5.75 Å². The van der Waals surface area contributed by atoms with Gasteiger partial charge in [0, 0.05) is 29.2 Å². The van der Waals surface area contributed by atoms with Crippen molar-refractivity contribution in [1.29, 1.82) is 0 Å². The summed E-state index contributed by atoms with van der Waals surface area (Å²) >= 11 is 6.05. The Kier molecular flexibility index (Phi) is 5.70. The minimum atomic E-state index is -1.09. The summed E-state index contributed by atoms with van der Waals surface area (Å²) in [4.78, 5) is 28.5. The standard InChI is InChI=1S/C25H23ClN2O3/c1-25(24(30)27-16-17-7-13-21(31-2)14-8-17)15-18-5-3-4-6-22(18)23(29)28(25)20-11-9-19(26)10-12-20/h3-14H,15-16H2,1-2H3,(H,27,30)/t25-/m1/s1. The maximum Gasteiger partial charge on any atom is 0.259 e. The molecule has 2 amide bonds. The van der Waals surface area contributed by atoms with Crippen LogP contribution in [0.15, 0.2) is 72.8 Å². The Hall–Kier alpha value is -3.31. The number of anilines is 1. The maximum atomic E-state index is 13.5. The quantitative estimate of drug-likeness (QED) is 0.637. The van der Waals surface area contributed by atoms with Gasteiger partial charge >= 0.3 is 0 Å². The number of ether oxygens (including phenoxy) is 1. The molecule has 0 radical (unpaired) electrons. The first-order valence-corrected chi connectivity index (χ1v) is 10.4. The number of hydrogen-bond acceptors (Lipinski definition) is 3. The van der Waals surface area contributed by atoms with Crippen LogP contribution in [-0.2, 0) is 17.8 Å². The third kappa shape index (κ3) is 4.01. The average molecular weight is 435 g/mol. The number of carbonyl (C=O) groups excluding carboxylic acids is 2. The fourth-order valence-corrected chi connectivity index (χ4v) is 4.09. The summed E-state index contributed by atoms with van der Waals surface area (Å²) in [6, 6.07) is 21.9. The number of benzene rings is 3. The monoisotopic (exact) mass is 434 g/mol. The summed E-state index contributed by atoms with van der Waals surface area (Å²) in [6.45, 7) is 2.15. The molecular weight excluding hydrogens is 412 g/mol. The Labute approximate surface area is 186 Å². The first kappa shape index (κ1) is 20.9. The Morgan fingerprint density at radius 1 is 1.06 bits per heavy atom. The largest absolute Gasteiger partial charge is 0.497 e. The van der Waals surface area contributed by atoms with Gasteiger partial charge in [0.15, 0.2) is 0 Å². The number of hydrogen-bond donors (Lipinski definition) is 1. The zero-order valence-corrected chi connectivity index (χ0v) is 18.1. The molecule has 3 aromatic carbocycles. The lowest BCUT2D eigenvalue weighted by Crippen LogP contribution is -2.63. The van der Waals surface area contributed by atoms with E-state index in [0.717, 1.165) is 16.9 Å². The second-order valence-electron chi connectivity index (χ2n) is 7.76. The van der Waals surface area contributed by atoms with Gasteiger partial charge in [-0.3, -0.25) is 14.5 Å². The van der Waals surface area contributed by atoms with Crippen LogP contribution in [0, 0.1) is 0 Å². The summed E-state index contributed by atoms with van der Waals surface area (Å²) in [5.41, 5.74) is 1.95. The zero-order valence-electron chi connectivity index (χ0n) is 17.4. The average Bonchev–Trinajstić information content (AvgIpc) is 2.79. The lowest BCUT2D eigenvalue weighted by molar-refractivity contribution is -0.126. The summed E-state index contributed by atoms with van der Waals surface area (Å²) in [5, 5.41) is 3.58. The van der Waals surface area contributed by atoms with Crippen LogP contribution in [0.2, 0.25) is 5.02 Å². The van der Waals surface area contributed by atoms with Crippen molar-refractivity contribution in [1.82, 2.24) is 5.32 Å². The number of halogens is 1.